The molecule has 1 saturated carbocycles. The molecule has 3 heterocycles. The molecule has 1 N–H and O–H groups in total. The van der Waals surface area contributed by atoms with Crippen molar-refractivity contribution in [3.8, 4) is 0 Å². The van der Waals surface area contributed by atoms with E-state index in [-0.39, 0.29) is 11.3 Å². The number of hydrogen-bond acceptors (Lipinski definition) is 3. The highest BCUT2D eigenvalue weighted by molar-refractivity contribution is 5.92. The van der Waals surface area contributed by atoms with Crippen molar-refractivity contribution in [2.75, 3.05) is 26.2 Å². The molecular weight excluding hydrogens is 316 g/mol. The van der Waals surface area contributed by atoms with E-state index >= 15 is 0 Å². The van der Waals surface area contributed by atoms with Crippen LogP contribution in [0.1, 0.15) is 61.1 Å². The first-order valence-corrected chi connectivity index (χ1v) is 9.66. The van der Waals surface area contributed by atoms with Gasteiger partial charge in [0.25, 0.3) is 5.91 Å². The van der Waals surface area contributed by atoms with Crippen molar-refractivity contribution in [3.63, 3.8) is 0 Å². The van der Waals surface area contributed by atoms with Crippen molar-refractivity contribution in [3.05, 3.63) is 17.5 Å². The van der Waals surface area contributed by atoms with Gasteiger partial charge in [-0.3, -0.25) is 14.7 Å². The Kier molecular flexibility index (Phi) is 4.29. The van der Waals surface area contributed by atoms with Crippen molar-refractivity contribution in [1.29, 1.82) is 0 Å². The Morgan fingerprint density at radius 2 is 2.00 bits per heavy atom. The molecule has 1 unspecified atom stereocenters. The van der Waals surface area contributed by atoms with Crippen LogP contribution in [0, 0.1) is 18.3 Å². The van der Waals surface area contributed by atoms with Crippen LogP contribution in [0.3, 0.4) is 0 Å². The van der Waals surface area contributed by atoms with E-state index in [0.717, 1.165) is 51.1 Å². The number of nitrogens with zero attached hydrogens (tertiary/aromatic N) is 3. The number of H-pyrrole nitrogens is 1. The third-order valence-electron chi connectivity index (χ3n) is 6.54. The van der Waals surface area contributed by atoms with Crippen molar-refractivity contribution in [2.45, 2.75) is 51.9 Å². The minimum absolute atomic E-state index is 0.0315. The van der Waals surface area contributed by atoms with E-state index in [9.17, 15) is 9.59 Å². The number of aromatic amines is 1. The average molecular weight is 344 g/mol. The Morgan fingerprint density at radius 1 is 1.24 bits per heavy atom. The first kappa shape index (κ1) is 16.6. The van der Waals surface area contributed by atoms with Gasteiger partial charge < -0.3 is 9.80 Å². The van der Waals surface area contributed by atoms with Gasteiger partial charge in [0.1, 0.15) is 5.69 Å². The van der Waals surface area contributed by atoms with Gasteiger partial charge in [0, 0.05) is 38.3 Å². The lowest BCUT2D eigenvalue weighted by Gasteiger charge is -2.42. The maximum Gasteiger partial charge on any atom is 0.274 e. The smallest absolute Gasteiger partial charge is 0.274 e. The monoisotopic (exact) mass is 344 g/mol. The maximum atomic E-state index is 12.7. The molecule has 3 fully saturated rings. The van der Waals surface area contributed by atoms with E-state index < -0.39 is 0 Å². The van der Waals surface area contributed by atoms with E-state index in [0.29, 0.717) is 23.9 Å². The van der Waals surface area contributed by atoms with Gasteiger partial charge in [0.15, 0.2) is 0 Å². The van der Waals surface area contributed by atoms with Gasteiger partial charge in [-0.25, -0.2) is 0 Å². The van der Waals surface area contributed by atoms with Crippen molar-refractivity contribution < 1.29 is 9.59 Å². The molecule has 0 aromatic carbocycles. The van der Waals surface area contributed by atoms with Crippen molar-refractivity contribution in [2.24, 2.45) is 11.3 Å². The van der Waals surface area contributed by atoms with Crippen LogP contribution >= 0.6 is 0 Å². The van der Waals surface area contributed by atoms with E-state index in [1.54, 1.807) is 0 Å². The van der Waals surface area contributed by atoms with Gasteiger partial charge in [0.2, 0.25) is 5.91 Å². The van der Waals surface area contributed by atoms with E-state index in [1.807, 2.05) is 22.8 Å². The predicted octanol–water partition coefficient (Wildman–Crippen LogP) is 2.36. The lowest BCUT2D eigenvalue weighted by Crippen LogP contribution is -2.39. The predicted molar refractivity (Wildman–Crippen MR) is 94.1 cm³/mol. The topological polar surface area (TPSA) is 69.3 Å². The van der Waals surface area contributed by atoms with E-state index in [4.69, 9.17) is 0 Å². The Hall–Kier alpha value is -1.85. The number of aryl methyl sites for hydroxylation is 1. The standard InChI is InChI=1S/C19H28N4O2/c1-14-11-16(21-20-14)18(25)23-12-15(19(13-23)7-4-8-19)5-6-17(24)22-9-2-3-10-22/h11,15H,2-10,12-13H2,1H3,(H,20,21). The number of nitrogens with one attached hydrogen (secondary N) is 1. The molecule has 6 heteroatoms. The van der Waals surface area contributed by atoms with E-state index in [1.165, 1.54) is 19.3 Å². The van der Waals surface area contributed by atoms with Crippen molar-refractivity contribution in [1.82, 2.24) is 20.0 Å². The van der Waals surface area contributed by atoms with Crippen molar-refractivity contribution >= 4 is 11.8 Å². The van der Waals surface area contributed by atoms with Crippen LogP contribution in [0.2, 0.25) is 0 Å². The third kappa shape index (κ3) is 3.07. The largest absolute Gasteiger partial charge is 0.343 e. The summed E-state index contributed by atoms with van der Waals surface area (Å²) < 4.78 is 0. The number of carbonyl (C=O) groups is 2. The molecule has 1 atom stereocenters. The summed E-state index contributed by atoms with van der Waals surface area (Å²) in [6.07, 6.45) is 7.47. The van der Waals surface area contributed by atoms with Crippen LogP contribution < -0.4 is 0 Å². The fourth-order valence-electron chi connectivity index (χ4n) is 4.89. The Bertz CT molecular complexity index is 658. The van der Waals surface area contributed by atoms with Crippen LogP contribution in [-0.4, -0.2) is 58.0 Å². The molecule has 2 aliphatic heterocycles. The third-order valence-corrected chi connectivity index (χ3v) is 6.54. The van der Waals surface area contributed by atoms with Crippen LogP contribution in [0.15, 0.2) is 6.07 Å². The van der Waals surface area contributed by atoms with Crippen LogP contribution in [-0.2, 0) is 4.79 Å². The Balaban J connectivity index is 1.39. The number of carbonyl (C=O) groups excluding carboxylic acids is 2. The summed E-state index contributed by atoms with van der Waals surface area (Å²) in [6.45, 7) is 5.38. The first-order valence-electron chi connectivity index (χ1n) is 9.66. The maximum absolute atomic E-state index is 12.7. The SMILES string of the molecule is Cc1cc(C(=O)N2CC(CCC(=O)N3CCCC3)C3(CCC3)C2)n[nH]1. The molecule has 6 nitrogen and oxygen atoms in total. The van der Waals surface area contributed by atoms with Gasteiger partial charge >= 0.3 is 0 Å². The zero-order valence-corrected chi connectivity index (χ0v) is 15.1. The molecule has 4 rings (SSSR count). The summed E-state index contributed by atoms with van der Waals surface area (Å²) in [7, 11) is 0. The van der Waals surface area contributed by atoms with Crippen LogP contribution in [0.4, 0.5) is 0 Å². The summed E-state index contributed by atoms with van der Waals surface area (Å²) in [5, 5.41) is 6.98. The fourth-order valence-corrected chi connectivity index (χ4v) is 4.89. The van der Waals surface area contributed by atoms with Gasteiger partial charge in [-0.05, 0) is 56.4 Å². The molecule has 2 saturated heterocycles. The zero-order chi connectivity index (χ0) is 17.4. The fraction of sp³-hybridized carbons (Fsp3) is 0.737. The lowest BCUT2D eigenvalue weighted by molar-refractivity contribution is -0.130. The number of rotatable bonds is 4. The molecule has 0 radical (unpaired) electrons. The molecule has 3 aliphatic rings. The molecule has 1 aromatic heterocycles. The first-order chi connectivity index (χ1) is 12.1. The zero-order valence-electron chi connectivity index (χ0n) is 15.1. The number of amides is 2. The molecule has 1 aliphatic carbocycles. The normalized spacial score (nSPS) is 24.8. The second-order valence-corrected chi connectivity index (χ2v) is 8.16. The molecule has 1 spiro atoms. The molecule has 25 heavy (non-hydrogen) atoms. The highest BCUT2D eigenvalue weighted by atomic mass is 16.2. The summed E-state index contributed by atoms with van der Waals surface area (Å²) in [5.74, 6) is 0.792. The van der Waals surface area contributed by atoms with Gasteiger partial charge in [-0.15, -0.1) is 0 Å². The minimum atomic E-state index is 0.0315. The molecule has 1 aromatic rings. The van der Waals surface area contributed by atoms with Crippen LogP contribution in [0.25, 0.3) is 0 Å². The van der Waals surface area contributed by atoms with E-state index in [2.05, 4.69) is 10.2 Å². The lowest BCUT2D eigenvalue weighted by atomic mass is 9.62. The van der Waals surface area contributed by atoms with Crippen LogP contribution in [0.5, 0.6) is 0 Å². The molecule has 136 valence electrons. The van der Waals surface area contributed by atoms with Gasteiger partial charge in [0.05, 0.1) is 0 Å². The minimum Gasteiger partial charge on any atom is -0.343 e. The summed E-state index contributed by atoms with van der Waals surface area (Å²) in [5.41, 5.74) is 1.68. The summed E-state index contributed by atoms with van der Waals surface area (Å²) in [6, 6.07) is 1.82. The highest BCUT2D eigenvalue weighted by Crippen LogP contribution is 2.53. The number of aromatic nitrogens is 2. The van der Waals surface area contributed by atoms with Gasteiger partial charge in [-0.1, -0.05) is 6.42 Å². The second-order valence-electron chi connectivity index (χ2n) is 8.16. The summed E-state index contributed by atoms with van der Waals surface area (Å²) >= 11 is 0. The average Bonchev–Trinajstić information content (AvgIpc) is 3.29. The highest BCUT2D eigenvalue weighted by Gasteiger charge is 2.51. The molecule has 2 amide bonds. The summed E-state index contributed by atoms with van der Waals surface area (Å²) in [4.78, 5) is 29.1. The number of likely N-dealkylation sites (tertiary alicyclic amines) is 2. The Labute approximate surface area is 148 Å². The molecular formula is C19H28N4O2. The number of hydrogen-bond donors (Lipinski definition) is 1. The van der Waals surface area contributed by atoms with Gasteiger partial charge in [-0.2, -0.15) is 5.10 Å². The quantitative estimate of drug-likeness (QED) is 0.911. The Morgan fingerprint density at radius 3 is 2.60 bits per heavy atom. The second kappa shape index (κ2) is 6.46. The molecule has 0 bridgehead atoms.